The lowest BCUT2D eigenvalue weighted by atomic mass is 10.0. The lowest BCUT2D eigenvalue weighted by Crippen LogP contribution is -2.45. The first kappa shape index (κ1) is 14.9. The molecule has 0 radical (unpaired) electrons. The largest absolute Gasteiger partial charge is 0.399 e. The van der Waals surface area contributed by atoms with Crippen molar-refractivity contribution in [1.82, 2.24) is 4.90 Å². The van der Waals surface area contributed by atoms with E-state index in [1.807, 2.05) is 0 Å². The van der Waals surface area contributed by atoms with E-state index < -0.39 is 5.91 Å². The van der Waals surface area contributed by atoms with E-state index >= 15 is 0 Å². The van der Waals surface area contributed by atoms with Gasteiger partial charge in [-0.2, -0.15) is 0 Å². The number of nitrogens with zero attached hydrogens (tertiary/aromatic N) is 2. The molecule has 1 aliphatic rings. The molecular weight excluding hydrogens is 276 g/mol. The van der Waals surface area contributed by atoms with Crippen molar-refractivity contribution >= 4 is 28.9 Å². The fourth-order valence-electron chi connectivity index (χ4n) is 2.71. The Morgan fingerprint density at radius 3 is 2.75 bits per heavy atom. The number of nitrogens with two attached hydrogens (primary N) is 2. The van der Waals surface area contributed by atoms with Gasteiger partial charge in [-0.1, -0.05) is 11.6 Å². The molecule has 6 heteroatoms. The quantitative estimate of drug-likeness (QED) is 0.830. The summed E-state index contributed by atoms with van der Waals surface area (Å²) >= 11 is 6.30. The number of nitrogen functional groups attached to an aromatic ring is 1. The minimum absolute atomic E-state index is 0.398. The molecule has 0 bridgehead atoms. The molecule has 1 saturated heterocycles. The lowest BCUT2D eigenvalue weighted by molar-refractivity contribution is 0.100. The van der Waals surface area contributed by atoms with Crippen molar-refractivity contribution in [1.29, 1.82) is 0 Å². The van der Waals surface area contributed by atoms with Crippen molar-refractivity contribution in [2.75, 3.05) is 37.8 Å². The summed E-state index contributed by atoms with van der Waals surface area (Å²) in [4.78, 5) is 16.0. The molecule has 1 atom stereocenters. The van der Waals surface area contributed by atoms with Gasteiger partial charge in [0.25, 0.3) is 5.91 Å². The van der Waals surface area contributed by atoms with Gasteiger partial charge < -0.3 is 21.3 Å². The van der Waals surface area contributed by atoms with E-state index in [2.05, 4.69) is 23.9 Å². The first-order valence-corrected chi connectivity index (χ1v) is 7.08. The maximum Gasteiger partial charge on any atom is 0.250 e. The standard InChI is InChI=1S/C14H21ClN4O/c1-18(2)10-4-3-5-19(8-10)13-11(14(17)20)6-9(16)7-12(13)15/h6-7,10H,3-5,8,16H2,1-2H3,(H2,17,20). The average Bonchev–Trinajstić information content (AvgIpc) is 2.37. The molecule has 1 amide bonds. The summed E-state index contributed by atoms with van der Waals surface area (Å²) in [5.41, 5.74) is 12.8. The van der Waals surface area contributed by atoms with Gasteiger partial charge in [0, 0.05) is 24.8 Å². The van der Waals surface area contributed by atoms with Crippen LogP contribution in [0.3, 0.4) is 0 Å². The Hall–Kier alpha value is -1.46. The number of hydrogen-bond donors (Lipinski definition) is 2. The summed E-state index contributed by atoms with van der Waals surface area (Å²) in [6.07, 6.45) is 2.20. The normalized spacial score (nSPS) is 19.4. The first-order valence-electron chi connectivity index (χ1n) is 6.70. The van der Waals surface area contributed by atoms with Crippen molar-refractivity contribution in [3.63, 3.8) is 0 Å². The van der Waals surface area contributed by atoms with E-state index in [4.69, 9.17) is 23.1 Å². The Balaban J connectivity index is 2.38. The van der Waals surface area contributed by atoms with E-state index in [0.29, 0.717) is 28.0 Å². The molecule has 1 aromatic rings. The molecule has 110 valence electrons. The Kier molecular flexibility index (Phi) is 4.40. The zero-order valence-corrected chi connectivity index (χ0v) is 12.7. The molecule has 5 nitrogen and oxygen atoms in total. The number of rotatable bonds is 3. The maximum absolute atomic E-state index is 11.7. The molecule has 1 unspecified atom stereocenters. The number of carbonyl (C=O) groups is 1. The smallest absolute Gasteiger partial charge is 0.250 e. The first-order chi connectivity index (χ1) is 9.40. The Labute approximate surface area is 124 Å². The molecule has 4 N–H and O–H groups in total. The molecule has 0 spiro atoms. The molecular formula is C14H21ClN4O. The average molecular weight is 297 g/mol. The number of carbonyl (C=O) groups excluding carboxylic acids is 1. The minimum Gasteiger partial charge on any atom is -0.399 e. The third-order valence-electron chi connectivity index (χ3n) is 3.79. The van der Waals surface area contributed by atoms with Gasteiger partial charge in [-0.15, -0.1) is 0 Å². The van der Waals surface area contributed by atoms with E-state index in [9.17, 15) is 4.79 Å². The van der Waals surface area contributed by atoms with Crippen LogP contribution in [0, 0.1) is 0 Å². The van der Waals surface area contributed by atoms with Crippen molar-refractivity contribution in [3.05, 3.63) is 22.7 Å². The molecule has 0 aliphatic carbocycles. The molecule has 1 aromatic carbocycles. The van der Waals surface area contributed by atoms with Crippen LogP contribution in [-0.4, -0.2) is 44.0 Å². The van der Waals surface area contributed by atoms with E-state index in [1.54, 1.807) is 12.1 Å². The van der Waals surface area contributed by atoms with E-state index in [0.717, 1.165) is 25.9 Å². The third kappa shape index (κ3) is 2.99. The molecule has 2 rings (SSSR count). The van der Waals surface area contributed by atoms with Crippen LogP contribution >= 0.6 is 11.6 Å². The lowest BCUT2D eigenvalue weighted by Gasteiger charge is -2.38. The number of benzene rings is 1. The SMILES string of the molecule is CN(C)C1CCCN(c2c(Cl)cc(N)cc2C(N)=O)C1. The number of halogens is 1. The summed E-state index contributed by atoms with van der Waals surface area (Å²) in [7, 11) is 4.13. The maximum atomic E-state index is 11.7. The van der Waals surface area contributed by atoms with Crippen LogP contribution in [0.2, 0.25) is 5.02 Å². The topological polar surface area (TPSA) is 75.6 Å². The molecule has 1 heterocycles. The number of primary amides is 1. The zero-order valence-electron chi connectivity index (χ0n) is 11.9. The van der Waals surface area contributed by atoms with Gasteiger partial charge in [0.1, 0.15) is 0 Å². The van der Waals surface area contributed by atoms with Crippen LogP contribution in [0.15, 0.2) is 12.1 Å². The number of anilines is 2. The Morgan fingerprint density at radius 2 is 2.15 bits per heavy atom. The summed E-state index contributed by atoms with van der Waals surface area (Å²) in [6.45, 7) is 1.70. The predicted octanol–water partition coefficient (Wildman–Crippen LogP) is 1.55. The van der Waals surface area contributed by atoms with Crippen molar-refractivity contribution in [3.8, 4) is 0 Å². The molecule has 1 fully saturated rings. The highest BCUT2D eigenvalue weighted by Gasteiger charge is 2.26. The van der Waals surface area contributed by atoms with Gasteiger partial charge in [-0.05, 0) is 39.1 Å². The van der Waals surface area contributed by atoms with E-state index in [1.165, 1.54) is 0 Å². The zero-order chi connectivity index (χ0) is 14.9. The third-order valence-corrected chi connectivity index (χ3v) is 4.08. The Morgan fingerprint density at radius 1 is 1.45 bits per heavy atom. The fourth-order valence-corrected chi connectivity index (χ4v) is 3.06. The van der Waals surface area contributed by atoms with Crippen molar-refractivity contribution < 1.29 is 4.79 Å². The molecule has 0 aromatic heterocycles. The summed E-state index contributed by atoms with van der Waals surface area (Å²) < 4.78 is 0. The van der Waals surface area contributed by atoms with Crippen LogP contribution < -0.4 is 16.4 Å². The van der Waals surface area contributed by atoms with Crippen molar-refractivity contribution in [2.24, 2.45) is 5.73 Å². The van der Waals surface area contributed by atoms with Crippen LogP contribution in [-0.2, 0) is 0 Å². The van der Waals surface area contributed by atoms with Crippen LogP contribution in [0.5, 0.6) is 0 Å². The summed E-state index contributed by atoms with van der Waals surface area (Å²) in [6, 6.07) is 3.71. The van der Waals surface area contributed by atoms with Crippen molar-refractivity contribution in [2.45, 2.75) is 18.9 Å². The van der Waals surface area contributed by atoms with Gasteiger partial charge in [0.05, 0.1) is 16.3 Å². The summed E-state index contributed by atoms with van der Waals surface area (Å²) in [5.74, 6) is -0.499. The second-order valence-electron chi connectivity index (χ2n) is 5.47. The number of amides is 1. The van der Waals surface area contributed by atoms with Crippen LogP contribution in [0.4, 0.5) is 11.4 Å². The molecule has 0 saturated carbocycles. The molecule has 1 aliphatic heterocycles. The highest BCUT2D eigenvalue weighted by atomic mass is 35.5. The second kappa shape index (κ2) is 5.89. The van der Waals surface area contributed by atoms with Gasteiger partial charge in [0.2, 0.25) is 0 Å². The van der Waals surface area contributed by atoms with Gasteiger partial charge in [0.15, 0.2) is 0 Å². The highest BCUT2D eigenvalue weighted by molar-refractivity contribution is 6.34. The van der Waals surface area contributed by atoms with Crippen LogP contribution in [0.25, 0.3) is 0 Å². The number of hydrogen-bond acceptors (Lipinski definition) is 4. The van der Waals surface area contributed by atoms with Gasteiger partial charge in [-0.25, -0.2) is 0 Å². The predicted molar refractivity (Wildman–Crippen MR) is 83.3 cm³/mol. The highest BCUT2D eigenvalue weighted by Crippen LogP contribution is 2.34. The monoisotopic (exact) mass is 296 g/mol. The van der Waals surface area contributed by atoms with Gasteiger partial charge in [-0.3, -0.25) is 4.79 Å². The molecule has 20 heavy (non-hydrogen) atoms. The Bertz CT molecular complexity index is 518. The summed E-state index contributed by atoms with van der Waals surface area (Å²) in [5, 5.41) is 0.484. The second-order valence-corrected chi connectivity index (χ2v) is 5.88. The minimum atomic E-state index is -0.499. The van der Waals surface area contributed by atoms with Crippen LogP contribution in [0.1, 0.15) is 23.2 Å². The fraction of sp³-hybridized carbons (Fsp3) is 0.500. The van der Waals surface area contributed by atoms with E-state index in [-0.39, 0.29) is 0 Å². The van der Waals surface area contributed by atoms with Gasteiger partial charge >= 0.3 is 0 Å². The number of likely N-dealkylation sites (N-methyl/N-ethyl adjacent to an activating group) is 1. The number of piperidine rings is 1.